The Kier molecular flexibility index (Phi) is 7.48. The molecule has 0 spiro atoms. The molecule has 0 bridgehead atoms. The zero-order chi connectivity index (χ0) is 15.8. The van der Waals surface area contributed by atoms with E-state index < -0.39 is 0 Å². The Hall–Kier alpha value is -1.32. The predicted octanol–water partition coefficient (Wildman–Crippen LogP) is 4.72. The standard InChI is InChI=1S/C17H32N4/c1-7-8-9-10-11-13(4)19-17-14(5)16(18-6)20-15(21-17)12(2)3/h12-13H,7-11H2,1-6H3,(H2,18,19,20,21). The third-order valence-electron chi connectivity index (χ3n) is 3.79. The molecule has 0 saturated carbocycles. The van der Waals surface area contributed by atoms with Gasteiger partial charge in [0.1, 0.15) is 17.5 Å². The van der Waals surface area contributed by atoms with Crippen LogP contribution in [0.15, 0.2) is 0 Å². The van der Waals surface area contributed by atoms with E-state index in [1.165, 1.54) is 32.1 Å². The highest BCUT2D eigenvalue weighted by molar-refractivity contribution is 5.57. The van der Waals surface area contributed by atoms with Gasteiger partial charge >= 0.3 is 0 Å². The van der Waals surface area contributed by atoms with Crippen molar-refractivity contribution in [2.45, 2.75) is 78.7 Å². The minimum atomic E-state index is 0.332. The van der Waals surface area contributed by atoms with Gasteiger partial charge in [-0.15, -0.1) is 0 Å². The van der Waals surface area contributed by atoms with Crippen molar-refractivity contribution < 1.29 is 0 Å². The molecule has 2 N–H and O–H groups in total. The second-order valence-electron chi connectivity index (χ2n) is 6.20. The van der Waals surface area contributed by atoms with E-state index in [4.69, 9.17) is 4.98 Å². The van der Waals surface area contributed by atoms with Crippen molar-refractivity contribution in [3.8, 4) is 0 Å². The second kappa shape index (κ2) is 8.85. The van der Waals surface area contributed by atoms with Crippen LogP contribution >= 0.6 is 0 Å². The van der Waals surface area contributed by atoms with Gasteiger partial charge < -0.3 is 10.6 Å². The lowest BCUT2D eigenvalue weighted by atomic mass is 10.1. The summed E-state index contributed by atoms with van der Waals surface area (Å²) in [5, 5.41) is 6.74. The number of rotatable bonds is 9. The Balaban J connectivity index is 2.74. The third kappa shape index (κ3) is 5.52. The van der Waals surface area contributed by atoms with Crippen LogP contribution in [0.1, 0.15) is 77.1 Å². The fourth-order valence-electron chi connectivity index (χ4n) is 2.36. The molecule has 1 rings (SSSR count). The van der Waals surface area contributed by atoms with Crippen molar-refractivity contribution in [3.05, 3.63) is 11.4 Å². The lowest BCUT2D eigenvalue weighted by Gasteiger charge is -2.19. The average Bonchev–Trinajstić information content (AvgIpc) is 2.45. The van der Waals surface area contributed by atoms with E-state index >= 15 is 0 Å². The lowest BCUT2D eigenvalue weighted by molar-refractivity contribution is 0.592. The highest BCUT2D eigenvalue weighted by Gasteiger charge is 2.13. The van der Waals surface area contributed by atoms with E-state index in [2.05, 4.69) is 50.2 Å². The largest absolute Gasteiger partial charge is 0.373 e. The van der Waals surface area contributed by atoms with Crippen molar-refractivity contribution >= 4 is 11.6 Å². The Morgan fingerprint density at radius 3 is 2.24 bits per heavy atom. The SMILES string of the molecule is CCCCCCC(C)Nc1nc(C(C)C)nc(NC)c1C. The van der Waals surface area contributed by atoms with Crippen LogP contribution in [-0.2, 0) is 0 Å². The van der Waals surface area contributed by atoms with Gasteiger partial charge in [0.05, 0.1) is 0 Å². The molecule has 4 heteroatoms. The van der Waals surface area contributed by atoms with Gasteiger partial charge in [-0.1, -0.05) is 46.5 Å². The Bertz CT molecular complexity index is 429. The van der Waals surface area contributed by atoms with Crippen molar-refractivity contribution in [3.63, 3.8) is 0 Å². The van der Waals surface area contributed by atoms with Crippen molar-refractivity contribution in [2.75, 3.05) is 17.7 Å². The summed E-state index contributed by atoms with van der Waals surface area (Å²) < 4.78 is 0. The van der Waals surface area contributed by atoms with E-state index in [1.54, 1.807) is 0 Å². The van der Waals surface area contributed by atoms with Gasteiger partial charge in [-0.3, -0.25) is 0 Å². The van der Waals surface area contributed by atoms with Crippen LogP contribution in [-0.4, -0.2) is 23.1 Å². The van der Waals surface area contributed by atoms with Crippen molar-refractivity contribution in [2.24, 2.45) is 0 Å². The highest BCUT2D eigenvalue weighted by atomic mass is 15.1. The number of anilines is 2. The fraction of sp³-hybridized carbons (Fsp3) is 0.765. The number of unbranched alkanes of at least 4 members (excludes halogenated alkanes) is 3. The smallest absolute Gasteiger partial charge is 0.135 e. The number of hydrogen-bond donors (Lipinski definition) is 2. The van der Waals surface area contributed by atoms with Gasteiger partial charge in [-0.25, -0.2) is 9.97 Å². The molecule has 0 fully saturated rings. The van der Waals surface area contributed by atoms with Crippen LogP contribution in [0.5, 0.6) is 0 Å². The van der Waals surface area contributed by atoms with Gasteiger partial charge in [-0.2, -0.15) is 0 Å². The first-order chi connectivity index (χ1) is 9.99. The lowest BCUT2D eigenvalue weighted by Crippen LogP contribution is -2.18. The summed E-state index contributed by atoms with van der Waals surface area (Å²) in [5.41, 5.74) is 1.10. The second-order valence-corrected chi connectivity index (χ2v) is 6.20. The van der Waals surface area contributed by atoms with E-state index in [1.807, 2.05) is 7.05 Å². The zero-order valence-corrected chi connectivity index (χ0v) is 14.6. The van der Waals surface area contributed by atoms with Crippen LogP contribution in [0, 0.1) is 6.92 Å². The van der Waals surface area contributed by atoms with Gasteiger partial charge in [0, 0.05) is 24.6 Å². The van der Waals surface area contributed by atoms with E-state index in [0.29, 0.717) is 12.0 Å². The molecule has 4 nitrogen and oxygen atoms in total. The summed E-state index contributed by atoms with van der Waals surface area (Å²) in [6, 6.07) is 0.445. The van der Waals surface area contributed by atoms with Gasteiger partial charge in [-0.05, 0) is 20.3 Å². The molecular formula is C17H32N4. The van der Waals surface area contributed by atoms with Crippen LogP contribution in [0.3, 0.4) is 0 Å². The van der Waals surface area contributed by atoms with Crippen LogP contribution in [0.25, 0.3) is 0 Å². The molecule has 120 valence electrons. The third-order valence-corrected chi connectivity index (χ3v) is 3.79. The first kappa shape index (κ1) is 17.7. The molecule has 1 aromatic rings. The molecule has 0 aromatic carbocycles. The van der Waals surface area contributed by atoms with E-state index in [-0.39, 0.29) is 0 Å². The Morgan fingerprint density at radius 1 is 1.00 bits per heavy atom. The molecular weight excluding hydrogens is 260 g/mol. The summed E-state index contributed by atoms with van der Waals surface area (Å²) in [7, 11) is 1.91. The summed E-state index contributed by atoms with van der Waals surface area (Å²) in [5.74, 6) is 3.12. The summed E-state index contributed by atoms with van der Waals surface area (Å²) in [6.45, 7) is 10.8. The molecule has 0 saturated heterocycles. The molecule has 1 aromatic heterocycles. The summed E-state index contributed by atoms with van der Waals surface area (Å²) in [4.78, 5) is 9.29. The Labute approximate surface area is 130 Å². The van der Waals surface area contributed by atoms with Crippen molar-refractivity contribution in [1.29, 1.82) is 0 Å². The molecule has 0 amide bonds. The number of nitrogens with zero attached hydrogens (tertiary/aromatic N) is 2. The molecule has 0 aliphatic heterocycles. The maximum absolute atomic E-state index is 4.70. The first-order valence-corrected chi connectivity index (χ1v) is 8.32. The number of aromatic nitrogens is 2. The van der Waals surface area contributed by atoms with Gasteiger partial charge in [0.25, 0.3) is 0 Å². The van der Waals surface area contributed by atoms with Crippen molar-refractivity contribution in [1.82, 2.24) is 9.97 Å². The average molecular weight is 292 g/mol. The highest BCUT2D eigenvalue weighted by Crippen LogP contribution is 2.24. The normalized spacial score (nSPS) is 12.5. The van der Waals surface area contributed by atoms with Crippen LogP contribution in [0.4, 0.5) is 11.6 Å². The maximum atomic E-state index is 4.70. The Morgan fingerprint density at radius 2 is 1.67 bits per heavy atom. The zero-order valence-electron chi connectivity index (χ0n) is 14.6. The van der Waals surface area contributed by atoms with E-state index in [0.717, 1.165) is 23.0 Å². The molecule has 1 atom stereocenters. The molecule has 1 unspecified atom stereocenters. The molecule has 0 aliphatic carbocycles. The molecule has 21 heavy (non-hydrogen) atoms. The summed E-state index contributed by atoms with van der Waals surface area (Å²) >= 11 is 0. The predicted molar refractivity (Wildman–Crippen MR) is 92.2 cm³/mol. The monoisotopic (exact) mass is 292 g/mol. The topological polar surface area (TPSA) is 49.8 Å². The van der Waals surface area contributed by atoms with Crippen LogP contribution < -0.4 is 10.6 Å². The molecule has 1 heterocycles. The first-order valence-electron chi connectivity index (χ1n) is 8.32. The van der Waals surface area contributed by atoms with Crippen LogP contribution in [0.2, 0.25) is 0 Å². The van der Waals surface area contributed by atoms with E-state index in [9.17, 15) is 0 Å². The van der Waals surface area contributed by atoms with Gasteiger partial charge in [0.2, 0.25) is 0 Å². The maximum Gasteiger partial charge on any atom is 0.135 e. The summed E-state index contributed by atoms with van der Waals surface area (Å²) in [6.07, 6.45) is 6.42. The minimum Gasteiger partial charge on any atom is -0.373 e. The molecule has 0 radical (unpaired) electrons. The fourth-order valence-corrected chi connectivity index (χ4v) is 2.36. The quantitative estimate of drug-likeness (QED) is 0.647. The number of nitrogens with one attached hydrogen (secondary N) is 2. The van der Waals surface area contributed by atoms with Gasteiger partial charge in [0.15, 0.2) is 0 Å². The minimum absolute atomic E-state index is 0.332. The molecule has 0 aliphatic rings. The number of hydrogen-bond acceptors (Lipinski definition) is 4.